The molecule has 1 aliphatic heterocycles. The second-order valence-corrected chi connectivity index (χ2v) is 8.94. The molecule has 4 aliphatic rings. The number of hydrogen-bond donors (Lipinski definition) is 2. The number of rotatable bonds is 1. The van der Waals surface area contributed by atoms with Crippen LogP contribution in [0.3, 0.4) is 0 Å². The molecule has 0 spiro atoms. The predicted octanol–water partition coefficient (Wildman–Crippen LogP) is 1.52. The molecule has 144 valence electrons. The SMILES string of the molecule is CC(=O)O[C@H]1C(=O)C2(C)C(C[C@]3(O)CCC(C)=C1C3)[C@@H]1CO[C@@H]1C[C@@H]2O. The molecule has 0 aromatic heterocycles. The Hall–Kier alpha value is -1.24. The number of ether oxygens (including phenoxy) is 2. The van der Waals surface area contributed by atoms with Crippen molar-refractivity contribution in [3.8, 4) is 0 Å². The van der Waals surface area contributed by atoms with Crippen LogP contribution in [0, 0.1) is 17.3 Å². The van der Waals surface area contributed by atoms with Gasteiger partial charge in [-0.25, -0.2) is 0 Å². The number of fused-ring (bicyclic) bond motifs is 5. The lowest BCUT2D eigenvalue weighted by Gasteiger charge is -2.59. The van der Waals surface area contributed by atoms with Crippen LogP contribution in [0.4, 0.5) is 0 Å². The number of carbonyl (C=O) groups excluding carboxylic acids is 2. The summed E-state index contributed by atoms with van der Waals surface area (Å²) in [5.41, 5.74) is -0.261. The molecular formula is C20H28O6. The first-order valence-electron chi connectivity index (χ1n) is 9.58. The molecule has 0 amide bonds. The normalized spacial score (nSPS) is 47.9. The van der Waals surface area contributed by atoms with Gasteiger partial charge < -0.3 is 19.7 Å². The minimum atomic E-state index is -1.05. The zero-order chi connectivity index (χ0) is 18.9. The van der Waals surface area contributed by atoms with Crippen molar-refractivity contribution >= 4 is 11.8 Å². The highest BCUT2D eigenvalue weighted by Crippen LogP contribution is 2.57. The topological polar surface area (TPSA) is 93.1 Å². The molecule has 1 heterocycles. The Morgan fingerprint density at radius 1 is 1.38 bits per heavy atom. The van der Waals surface area contributed by atoms with Gasteiger partial charge in [-0.15, -0.1) is 0 Å². The van der Waals surface area contributed by atoms with E-state index in [1.54, 1.807) is 6.92 Å². The van der Waals surface area contributed by atoms with Gasteiger partial charge in [-0.2, -0.15) is 0 Å². The van der Waals surface area contributed by atoms with Crippen LogP contribution >= 0.6 is 0 Å². The predicted molar refractivity (Wildman–Crippen MR) is 92.1 cm³/mol. The molecule has 6 nitrogen and oxygen atoms in total. The van der Waals surface area contributed by atoms with E-state index in [4.69, 9.17) is 9.47 Å². The van der Waals surface area contributed by atoms with Crippen LogP contribution in [0.2, 0.25) is 0 Å². The van der Waals surface area contributed by atoms with Gasteiger partial charge in [-0.1, -0.05) is 5.57 Å². The fraction of sp³-hybridized carbons (Fsp3) is 0.800. The average Bonchev–Trinajstić information content (AvgIpc) is 2.55. The fourth-order valence-electron chi connectivity index (χ4n) is 5.63. The summed E-state index contributed by atoms with van der Waals surface area (Å²) in [6.45, 7) is 5.58. The molecule has 2 unspecified atom stereocenters. The molecule has 2 bridgehead atoms. The molecule has 0 aromatic rings. The number of allylic oxidation sites excluding steroid dienone is 1. The zero-order valence-electron chi connectivity index (χ0n) is 15.7. The molecular weight excluding hydrogens is 336 g/mol. The van der Waals surface area contributed by atoms with Gasteiger partial charge in [-0.05, 0) is 44.6 Å². The van der Waals surface area contributed by atoms with Crippen LogP contribution in [-0.4, -0.2) is 52.5 Å². The third-order valence-corrected chi connectivity index (χ3v) is 7.42. The molecule has 1 saturated heterocycles. The first-order chi connectivity index (χ1) is 12.2. The highest BCUT2D eigenvalue weighted by Gasteiger charge is 2.63. The van der Waals surface area contributed by atoms with Crippen molar-refractivity contribution in [1.82, 2.24) is 0 Å². The summed E-state index contributed by atoms with van der Waals surface area (Å²) in [6.07, 6.45) is 0.613. The summed E-state index contributed by atoms with van der Waals surface area (Å²) in [5, 5.41) is 22.2. The Labute approximate surface area is 153 Å². The van der Waals surface area contributed by atoms with Gasteiger partial charge in [0.2, 0.25) is 0 Å². The van der Waals surface area contributed by atoms with E-state index in [0.29, 0.717) is 38.7 Å². The van der Waals surface area contributed by atoms with Crippen molar-refractivity contribution in [2.75, 3.05) is 6.61 Å². The number of ketones is 1. The maximum atomic E-state index is 13.6. The van der Waals surface area contributed by atoms with Crippen molar-refractivity contribution in [3.05, 3.63) is 11.1 Å². The van der Waals surface area contributed by atoms with Gasteiger partial charge in [0.15, 0.2) is 11.9 Å². The number of aliphatic hydroxyl groups excluding tert-OH is 1. The van der Waals surface area contributed by atoms with Crippen LogP contribution in [-0.2, 0) is 19.1 Å². The highest BCUT2D eigenvalue weighted by molar-refractivity contribution is 5.94. The highest BCUT2D eigenvalue weighted by atomic mass is 16.5. The number of esters is 1. The second kappa shape index (κ2) is 5.88. The van der Waals surface area contributed by atoms with Gasteiger partial charge in [0.25, 0.3) is 0 Å². The van der Waals surface area contributed by atoms with Gasteiger partial charge in [0.05, 0.1) is 29.8 Å². The van der Waals surface area contributed by atoms with E-state index < -0.39 is 29.2 Å². The van der Waals surface area contributed by atoms with E-state index in [1.807, 2.05) is 6.92 Å². The summed E-state index contributed by atoms with van der Waals surface area (Å²) < 4.78 is 11.1. The maximum Gasteiger partial charge on any atom is 0.303 e. The lowest BCUT2D eigenvalue weighted by atomic mass is 9.51. The molecule has 7 atom stereocenters. The van der Waals surface area contributed by atoms with Crippen molar-refractivity contribution in [2.24, 2.45) is 17.3 Å². The summed E-state index contributed by atoms with van der Waals surface area (Å²) in [6, 6.07) is 0. The average molecular weight is 364 g/mol. The van der Waals surface area contributed by atoms with Crippen LogP contribution in [0.5, 0.6) is 0 Å². The van der Waals surface area contributed by atoms with Crippen molar-refractivity contribution < 1.29 is 29.3 Å². The summed E-state index contributed by atoms with van der Waals surface area (Å²) >= 11 is 0. The minimum absolute atomic E-state index is 0.0496. The first-order valence-corrected chi connectivity index (χ1v) is 9.58. The van der Waals surface area contributed by atoms with E-state index >= 15 is 0 Å². The third kappa shape index (κ3) is 2.49. The standard InChI is InChI=1S/C20H28O6/c1-10-4-5-20(24)7-12(10)17(26-11(2)21)18(23)19(3)14(8-20)13-9-25-15(13)6-16(19)22/h13-17,22,24H,4-9H2,1-3H3/t13-,14?,15+,16-,17+,19?,20-/m0/s1. The van der Waals surface area contributed by atoms with E-state index in [9.17, 15) is 19.8 Å². The number of carbonyl (C=O) groups is 2. The Morgan fingerprint density at radius 2 is 2.12 bits per heavy atom. The lowest BCUT2D eigenvalue weighted by Crippen LogP contribution is -2.66. The Kier molecular flexibility index (Phi) is 4.10. The Bertz CT molecular complexity index is 684. The number of aliphatic hydroxyl groups is 2. The largest absolute Gasteiger partial charge is 0.450 e. The van der Waals surface area contributed by atoms with Gasteiger partial charge >= 0.3 is 5.97 Å². The van der Waals surface area contributed by atoms with Crippen LogP contribution in [0.1, 0.15) is 52.9 Å². The third-order valence-electron chi connectivity index (χ3n) is 7.42. The van der Waals surface area contributed by atoms with Crippen molar-refractivity contribution in [2.45, 2.75) is 76.8 Å². The minimum Gasteiger partial charge on any atom is -0.450 e. The van der Waals surface area contributed by atoms with Crippen LogP contribution in [0.15, 0.2) is 11.1 Å². The van der Waals surface area contributed by atoms with Crippen LogP contribution in [0.25, 0.3) is 0 Å². The molecule has 26 heavy (non-hydrogen) atoms. The monoisotopic (exact) mass is 364 g/mol. The van der Waals surface area contributed by atoms with Crippen molar-refractivity contribution in [1.29, 1.82) is 0 Å². The quantitative estimate of drug-likeness (QED) is 0.541. The van der Waals surface area contributed by atoms with Crippen LogP contribution < -0.4 is 0 Å². The first kappa shape index (κ1) is 18.1. The molecule has 3 aliphatic carbocycles. The van der Waals surface area contributed by atoms with E-state index in [-0.39, 0.29) is 23.7 Å². The molecule has 4 rings (SSSR count). The lowest BCUT2D eigenvalue weighted by molar-refractivity contribution is -0.235. The molecule has 6 heteroatoms. The van der Waals surface area contributed by atoms with E-state index in [0.717, 1.165) is 11.1 Å². The molecule has 0 radical (unpaired) electrons. The Morgan fingerprint density at radius 3 is 2.73 bits per heavy atom. The van der Waals surface area contributed by atoms with E-state index in [2.05, 4.69) is 0 Å². The summed E-state index contributed by atoms with van der Waals surface area (Å²) in [7, 11) is 0. The smallest absolute Gasteiger partial charge is 0.303 e. The number of Topliss-reactive ketones (excluding diaryl/α,β-unsaturated/α-hetero) is 1. The van der Waals surface area contributed by atoms with Crippen molar-refractivity contribution in [3.63, 3.8) is 0 Å². The number of hydrogen-bond acceptors (Lipinski definition) is 6. The fourth-order valence-corrected chi connectivity index (χ4v) is 5.63. The second-order valence-electron chi connectivity index (χ2n) is 8.94. The van der Waals surface area contributed by atoms with E-state index in [1.165, 1.54) is 6.92 Å². The Balaban J connectivity index is 1.84. The molecule has 3 fully saturated rings. The van der Waals surface area contributed by atoms with Gasteiger partial charge in [0, 0.05) is 25.7 Å². The summed E-state index contributed by atoms with van der Waals surface area (Å²) in [5.74, 6) is -0.772. The molecule has 0 aromatic carbocycles. The maximum absolute atomic E-state index is 13.6. The molecule has 2 N–H and O–H groups in total. The molecule has 2 saturated carbocycles. The summed E-state index contributed by atoms with van der Waals surface area (Å²) in [4.78, 5) is 25.4. The van der Waals surface area contributed by atoms with Gasteiger partial charge in [-0.3, -0.25) is 9.59 Å². The zero-order valence-corrected chi connectivity index (χ0v) is 15.7. The van der Waals surface area contributed by atoms with Gasteiger partial charge in [0.1, 0.15) is 0 Å².